The van der Waals surface area contributed by atoms with Crippen molar-refractivity contribution in [1.82, 2.24) is 10.3 Å². The average Bonchev–Trinajstić information content (AvgIpc) is 3.18. The molecule has 1 aliphatic heterocycles. The summed E-state index contributed by atoms with van der Waals surface area (Å²) >= 11 is 0.973. The summed E-state index contributed by atoms with van der Waals surface area (Å²) in [6.45, 7) is 0. The Balaban J connectivity index is 1.78. The number of amides is 1. The fourth-order valence-corrected chi connectivity index (χ4v) is 2.77. The van der Waals surface area contributed by atoms with Crippen molar-refractivity contribution in [2.24, 2.45) is 10.2 Å². The Morgan fingerprint density at radius 3 is 3.00 bits per heavy atom. The molecule has 0 saturated carbocycles. The van der Waals surface area contributed by atoms with E-state index in [1.807, 2.05) is 0 Å². The molecule has 2 N–H and O–H groups in total. The SMILES string of the molecule is COC(=O)/C=C1/S/C(=N\N=Cc2ccc(F)c3cc[nH]c23)NC1=O. The van der Waals surface area contributed by atoms with E-state index >= 15 is 0 Å². The second-order valence-electron chi connectivity index (χ2n) is 4.64. The quantitative estimate of drug-likeness (QED) is 0.384. The van der Waals surface area contributed by atoms with Crippen molar-refractivity contribution in [2.75, 3.05) is 7.11 Å². The minimum Gasteiger partial charge on any atom is -0.466 e. The number of nitrogens with zero attached hydrogens (tertiary/aromatic N) is 2. The van der Waals surface area contributed by atoms with Crippen LogP contribution in [0.5, 0.6) is 0 Å². The number of rotatable bonds is 3. The zero-order valence-corrected chi connectivity index (χ0v) is 13.2. The van der Waals surface area contributed by atoms with Gasteiger partial charge in [0.25, 0.3) is 5.91 Å². The van der Waals surface area contributed by atoms with Crippen LogP contribution in [0.1, 0.15) is 5.56 Å². The number of nitrogens with one attached hydrogen (secondary N) is 2. The molecule has 24 heavy (non-hydrogen) atoms. The number of methoxy groups -OCH3 is 1. The summed E-state index contributed by atoms with van der Waals surface area (Å²) in [5.41, 5.74) is 1.26. The molecule has 0 unspecified atom stereocenters. The molecule has 1 fully saturated rings. The molecule has 1 aromatic carbocycles. The van der Waals surface area contributed by atoms with Gasteiger partial charge in [-0.2, -0.15) is 5.10 Å². The van der Waals surface area contributed by atoms with Crippen LogP contribution in [0, 0.1) is 5.82 Å². The topological polar surface area (TPSA) is 95.9 Å². The lowest BCUT2D eigenvalue weighted by Gasteiger charge is -1.97. The highest BCUT2D eigenvalue weighted by molar-refractivity contribution is 8.18. The minimum absolute atomic E-state index is 0.171. The van der Waals surface area contributed by atoms with Crippen molar-refractivity contribution < 1.29 is 18.7 Å². The number of ether oxygens (including phenoxy) is 1. The van der Waals surface area contributed by atoms with E-state index in [1.165, 1.54) is 19.4 Å². The van der Waals surface area contributed by atoms with Crippen LogP contribution in [-0.2, 0) is 14.3 Å². The number of carbonyl (C=O) groups excluding carboxylic acids is 2. The number of hydrogen-bond acceptors (Lipinski definition) is 6. The van der Waals surface area contributed by atoms with Gasteiger partial charge in [0.2, 0.25) is 0 Å². The smallest absolute Gasteiger partial charge is 0.331 e. The fourth-order valence-electron chi connectivity index (χ4n) is 2.04. The van der Waals surface area contributed by atoms with E-state index in [1.54, 1.807) is 18.3 Å². The lowest BCUT2D eigenvalue weighted by atomic mass is 10.1. The highest BCUT2D eigenvalue weighted by atomic mass is 32.2. The van der Waals surface area contributed by atoms with Gasteiger partial charge in [-0.1, -0.05) is 0 Å². The van der Waals surface area contributed by atoms with E-state index in [-0.39, 0.29) is 15.9 Å². The van der Waals surface area contributed by atoms with Crippen LogP contribution < -0.4 is 5.32 Å². The van der Waals surface area contributed by atoms with E-state index in [9.17, 15) is 14.0 Å². The highest BCUT2D eigenvalue weighted by Crippen LogP contribution is 2.23. The number of H-pyrrole nitrogens is 1. The number of esters is 1. The Morgan fingerprint density at radius 1 is 1.38 bits per heavy atom. The summed E-state index contributed by atoms with van der Waals surface area (Å²) < 4.78 is 18.1. The van der Waals surface area contributed by atoms with Gasteiger partial charge in [-0.3, -0.25) is 10.1 Å². The predicted octanol–water partition coefficient (Wildman–Crippen LogP) is 1.92. The molecule has 0 bridgehead atoms. The van der Waals surface area contributed by atoms with Crippen LogP contribution >= 0.6 is 11.8 Å². The first-order valence-corrected chi connectivity index (χ1v) is 7.55. The summed E-state index contributed by atoms with van der Waals surface area (Å²) in [5, 5.41) is 10.9. The zero-order chi connectivity index (χ0) is 17.1. The minimum atomic E-state index is -0.627. The van der Waals surface area contributed by atoms with E-state index in [0.717, 1.165) is 17.8 Å². The Morgan fingerprint density at radius 2 is 2.21 bits per heavy atom. The third kappa shape index (κ3) is 3.20. The molecule has 7 nitrogen and oxygen atoms in total. The summed E-state index contributed by atoms with van der Waals surface area (Å²) in [4.78, 5) is 25.9. The molecule has 0 spiro atoms. The van der Waals surface area contributed by atoms with Gasteiger partial charge in [0, 0.05) is 23.2 Å². The van der Waals surface area contributed by atoms with Crippen molar-refractivity contribution in [2.45, 2.75) is 0 Å². The number of amidine groups is 1. The summed E-state index contributed by atoms with van der Waals surface area (Å²) in [6, 6.07) is 4.54. The number of halogens is 1. The number of benzene rings is 1. The van der Waals surface area contributed by atoms with Crippen molar-refractivity contribution in [3.8, 4) is 0 Å². The van der Waals surface area contributed by atoms with Crippen LogP contribution in [-0.4, -0.2) is 35.4 Å². The van der Waals surface area contributed by atoms with E-state index in [4.69, 9.17) is 0 Å². The Bertz CT molecular complexity index is 917. The lowest BCUT2D eigenvalue weighted by Crippen LogP contribution is -2.19. The average molecular weight is 346 g/mol. The normalized spacial score (nSPS) is 18.0. The number of aromatic nitrogens is 1. The highest BCUT2D eigenvalue weighted by Gasteiger charge is 2.24. The first kappa shape index (κ1) is 15.9. The maximum Gasteiger partial charge on any atom is 0.331 e. The summed E-state index contributed by atoms with van der Waals surface area (Å²) in [6.07, 6.45) is 4.16. The van der Waals surface area contributed by atoms with E-state index < -0.39 is 11.9 Å². The van der Waals surface area contributed by atoms with Gasteiger partial charge < -0.3 is 9.72 Å². The molecular formula is C15H11FN4O3S. The molecule has 2 aromatic rings. The summed E-state index contributed by atoms with van der Waals surface area (Å²) in [5.74, 6) is -1.41. The van der Waals surface area contributed by atoms with Crippen molar-refractivity contribution in [1.29, 1.82) is 0 Å². The van der Waals surface area contributed by atoms with E-state index in [2.05, 4.69) is 25.2 Å². The van der Waals surface area contributed by atoms with Crippen molar-refractivity contribution >= 4 is 45.9 Å². The van der Waals surface area contributed by atoms with Crippen LogP contribution in [0.2, 0.25) is 0 Å². The molecule has 1 aliphatic rings. The third-order valence-corrected chi connectivity index (χ3v) is 4.05. The number of carbonyl (C=O) groups is 2. The van der Waals surface area contributed by atoms with Gasteiger partial charge in [-0.15, -0.1) is 5.10 Å². The molecule has 0 atom stereocenters. The van der Waals surface area contributed by atoms with Crippen LogP contribution in [0.25, 0.3) is 10.9 Å². The standard InChI is InChI=1S/C15H11FN4O3S/c1-23-12(21)6-11-14(22)19-15(24-11)20-18-7-8-2-3-10(16)9-4-5-17-13(8)9/h2-7,17H,1H3,(H,19,20,22)/b11-6+,18-7?. The lowest BCUT2D eigenvalue weighted by molar-refractivity contribution is -0.135. The Hall–Kier alpha value is -2.94. The predicted molar refractivity (Wildman–Crippen MR) is 89.1 cm³/mol. The molecule has 2 heterocycles. The first-order valence-electron chi connectivity index (χ1n) is 6.74. The molecule has 1 aromatic heterocycles. The van der Waals surface area contributed by atoms with Crippen molar-refractivity contribution in [3.63, 3.8) is 0 Å². The fraction of sp³-hybridized carbons (Fsp3) is 0.0667. The maximum atomic E-state index is 13.6. The second-order valence-corrected chi connectivity index (χ2v) is 5.67. The maximum absolute atomic E-state index is 13.6. The summed E-state index contributed by atoms with van der Waals surface area (Å²) in [7, 11) is 1.22. The number of aromatic amines is 1. The first-order chi connectivity index (χ1) is 11.6. The van der Waals surface area contributed by atoms with Gasteiger partial charge in [-0.25, -0.2) is 9.18 Å². The van der Waals surface area contributed by atoms with Crippen LogP contribution in [0.15, 0.2) is 45.6 Å². The third-order valence-electron chi connectivity index (χ3n) is 3.15. The van der Waals surface area contributed by atoms with Gasteiger partial charge in [0.1, 0.15) is 5.82 Å². The van der Waals surface area contributed by atoms with Crippen LogP contribution in [0.4, 0.5) is 4.39 Å². The molecule has 1 amide bonds. The Labute approximate surface area is 139 Å². The van der Waals surface area contributed by atoms with E-state index in [0.29, 0.717) is 16.5 Å². The molecule has 122 valence electrons. The molecule has 9 heteroatoms. The molecule has 1 saturated heterocycles. The van der Waals surface area contributed by atoms with Gasteiger partial charge in [0.05, 0.1) is 23.7 Å². The largest absolute Gasteiger partial charge is 0.466 e. The zero-order valence-electron chi connectivity index (χ0n) is 12.4. The number of thioether (sulfide) groups is 1. The Kier molecular flexibility index (Phi) is 4.43. The number of fused-ring (bicyclic) bond motifs is 1. The van der Waals surface area contributed by atoms with Crippen molar-refractivity contribution in [3.05, 3.63) is 46.8 Å². The van der Waals surface area contributed by atoms with Gasteiger partial charge in [-0.05, 0) is 30.0 Å². The molecule has 0 aliphatic carbocycles. The monoisotopic (exact) mass is 346 g/mol. The molecular weight excluding hydrogens is 335 g/mol. The van der Waals surface area contributed by atoms with Gasteiger partial charge in [0.15, 0.2) is 5.17 Å². The van der Waals surface area contributed by atoms with Crippen LogP contribution in [0.3, 0.4) is 0 Å². The second kappa shape index (κ2) is 6.67. The number of hydrogen-bond donors (Lipinski definition) is 2. The molecule has 3 rings (SSSR count). The molecule has 0 radical (unpaired) electrons. The van der Waals surface area contributed by atoms with Gasteiger partial charge >= 0.3 is 5.97 Å².